The fourth-order valence-corrected chi connectivity index (χ4v) is 4.56. The number of esters is 1. The van der Waals surface area contributed by atoms with E-state index in [4.69, 9.17) is 4.74 Å². The van der Waals surface area contributed by atoms with Gasteiger partial charge in [0.15, 0.2) is 10.9 Å². The van der Waals surface area contributed by atoms with Gasteiger partial charge in [-0.25, -0.2) is 14.8 Å². The Balaban J connectivity index is 1.68. The van der Waals surface area contributed by atoms with Crippen molar-refractivity contribution in [1.29, 1.82) is 0 Å². The van der Waals surface area contributed by atoms with E-state index in [1.807, 2.05) is 18.2 Å². The number of rotatable bonds is 7. The van der Waals surface area contributed by atoms with Crippen molar-refractivity contribution in [3.05, 3.63) is 46.5 Å². The summed E-state index contributed by atoms with van der Waals surface area (Å²) < 4.78 is 5.10. The van der Waals surface area contributed by atoms with Gasteiger partial charge in [0.05, 0.1) is 24.1 Å². The average Bonchev–Trinajstić information content (AvgIpc) is 3.19. The number of aliphatic hydroxyl groups excluding tert-OH is 1. The molecule has 4 rings (SSSR count). The smallest absolute Gasteiger partial charge is 0.350 e. The molecule has 3 aromatic rings. The number of benzene rings is 1. The number of carbonyl (C=O) groups excluding carboxylic acids is 2. The lowest BCUT2D eigenvalue weighted by atomic mass is 10.1. The molecule has 1 fully saturated rings. The lowest BCUT2D eigenvalue weighted by Gasteiger charge is -2.30. The quantitative estimate of drug-likeness (QED) is 0.381. The minimum Gasteiger partial charge on any atom is -0.462 e. The summed E-state index contributed by atoms with van der Waals surface area (Å²) in [5.74, 6) is 0.673. The van der Waals surface area contributed by atoms with Crippen LogP contribution in [0.25, 0.3) is 11.3 Å². The van der Waals surface area contributed by atoms with Crippen LogP contribution in [-0.2, 0) is 4.74 Å². The molecule has 2 aromatic heterocycles. The molecule has 178 valence electrons. The second-order valence-corrected chi connectivity index (χ2v) is 9.06. The normalized spacial score (nSPS) is 14.2. The fraction of sp³-hybridized carbons (Fsp3) is 0.375. The maximum atomic E-state index is 12.2. The van der Waals surface area contributed by atoms with Gasteiger partial charge >= 0.3 is 5.97 Å². The lowest BCUT2D eigenvalue weighted by Crippen LogP contribution is -2.36. The number of hydrogen-bond donors (Lipinski definition) is 2. The van der Waals surface area contributed by atoms with Crippen LogP contribution in [-0.4, -0.2) is 57.6 Å². The van der Waals surface area contributed by atoms with Gasteiger partial charge in [-0.2, -0.15) is 4.98 Å². The number of ketones is 1. The Morgan fingerprint density at radius 2 is 1.88 bits per heavy atom. The Morgan fingerprint density at radius 1 is 1.18 bits per heavy atom. The molecule has 0 atom stereocenters. The third-order valence-corrected chi connectivity index (χ3v) is 6.62. The number of piperidine rings is 1. The van der Waals surface area contributed by atoms with Crippen molar-refractivity contribution in [3.8, 4) is 11.3 Å². The van der Waals surface area contributed by atoms with E-state index in [1.165, 1.54) is 18.3 Å². The largest absolute Gasteiger partial charge is 0.462 e. The number of aryl methyl sites for hydroxylation is 1. The van der Waals surface area contributed by atoms with Gasteiger partial charge in [0.1, 0.15) is 10.7 Å². The Hall–Kier alpha value is -3.37. The molecular weight excluding hydrogens is 454 g/mol. The van der Waals surface area contributed by atoms with Gasteiger partial charge in [0, 0.05) is 30.3 Å². The molecule has 9 nitrogen and oxygen atoms in total. The van der Waals surface area contributed by atoms with Crippen molar-refractivity contribution in [2.45, 2.75) is 39.7 Å². The van der Waals surface area contributed by atoms with E-state index in [0.29, 0.717) is 65.4 Å². The Kier molecular flexibility index (Phi) is 7.18. The topological polar surface area (TPSA) is 118 Å². The van der Waals surface area contributed by atoms with Crippen LogP contribution in [0.5, 0.6) is 0 Å². The number of aromatic nitrogens is 3. The van der Waals surface area contributed by atoms with Gasteiger partial charge in [0.2, 0.25) is 5.95 Å². The fourth-order valence-electron chi connectivity index (χ4n) is 3.70. The van der Waals surface area contributed by atoms with E-state index in [9.17, 15) is 14.7 Å². The zero-order chi connectivity index (χ0) is 24.2. The summed E-state index contributed by atoms with van der Waals surface area (Å²) in [5.41, 5.74) is 2.74. The molecule has 2 N–H and O–H groups in total. The number of nitrogens with zero attached hydrogens (tertiary/aromatic N) is 4. The molecule has 3 heterocycles. The second kappa shape index (κ2) is 10.3. The van der Waals surface area contributed by atoms with Crippen LogP contribution in [0.1, 0.15) is 52.4 Å². The van der Waals surface area contributed by atoms with Crippen molar-refractivity contribution in [3.63, 3.8) is 0 Å². The van der Waals surface area contributed by atoms with Crippen LogP contribution in [0.15, 0.2) is 30.3 Å². The van der Waals surface area contributed by atoms with E-state index in [-0.39, 0.29) is 11.9 Å². The van der Waals surface area contributed by atoms with Gasteiger partial charge in [-0.1, -0.05) is 35.6 Å². The molecule has 0 saturated carbocycles. The van der Waals surface area contributed by atoms with Gasteiger partial charge in [-0.05, 0) is 33.6 Å². The zero-order valence-corrected chi connectivity index (χ0v) is 20.2. The standard InChI is InChI=1S/C24H27N5O4S/c1-4-33-22(32)21-14(2)25-24(34-21)28-23-26-19(17-7-5-16(6-8-17)15(3)30)13-20(27-23)29-11-9-18(31)10-12-29/h5-8,13,18,31H,4,9-12H2,1-3H3,(H,25,26,27,28). The molecule has 0 radical (unpaired) electrons. The van der Waals surface area contributed by atoms with E-state index in [1.54, 1.807) is 26.0 Å². The summed E-state index contributed by atoms with van der Waals surface area (Å²) in [5, 5.41) is 13.5. The summed E-state index contributed by atoms with van der Waals surface area (Å²) in [6.07, 6.45) is 1.04. The first-order valence-electron chi connectivity index (χ1n) is 11.2. The van der Waals surface area contributed by atoms with Crippen molar-refractivity contribution in [2.75, 3.05) is 29.9 Å². The second-order valence-electron chi connectivity index (χ2n) is 8.07. The number of hydrogen-bond acceptors (Lipinski definition) is 10. The van der Waals surface area contributed by atoms with Crippen LogP contribution in [0.3, 0.4) is 0 Å². The molecule has 34 heavy (non-hydrogen) atoms. The van der Waals surface area contributed by atoms with Crippen LogP contribution in [0.4, 0.5) is 16.9 Å². The lowest BCUT2D eigenvalue weighted by molar-refractivity contribution is 0.0531. The molecule has 1 saturated heterocycles. The van der Waals surface area contributed by atoms with Gasteiger partial charge in [0.25, 0.3) is 0 Å². The molecule has 0 aliphatic carbocycles. The molecule has 0 bridgehead atoms. The predicted octanol–water partition coefficient (Wildman–Crippen LogP) is 3.99. The molecule has 1 aliphatic heterocycles. The Bertz CT molecular complexity index is 1190. The third kappa shape index (κ3) is 5.40. The zero-order valence-electron chi connectivity index (χ0n) is 19.4. The minimum atomic E-state index is -0.404. The Labute approximate surface area is 201 Å². The monoisotopic (exact) mass is 481 g/mol. The number of nitrogens with one attached hydrogen (secondary N) is 1. The number of ether oxygens (including phenoxy) is 1. The van der Waals surface area contributed by atoms with Crippen LogP contribution >= 0.6 is 11.3 Å². The summed E-state index contributed by atoms with van der Waals surface area (Å²) >= 11 is 1.19. The van der Waals surface area contributed by atoms with Crippen LogP contribution in [0, 0.1) is 6.92 Å². The van der Waals surface area contributed by atoms with Crippen LogP contribution < -0.4 is 10.2 Å². The molecule has 0 amide bonds. The first-order chi connectivity index (χ1) is 16.3. The molecule has 1 aromatic carbocycles. The number of carbonyl (C=O) groups is 2. The minimum absolute atomic E-state index is 0.000648. The number of aliphatic hydroxyl groups is 1. The highest BCUT2D eigenvalue weighted by molar-refractivity contribution is 7.17. The van der Waals surface area contributed by atoms with E-state index in [2.05, 4.69) is 25.2 Å². The van der Waals surface area contributed by atoms with E-state index < -0.39 is 5.97 Å². The van der Waals surface area contributed by atoms with Crippen molar-refractivity contribution >= 4 is 40.0 Å². The first kappa shape index (κ1) is 23.8. The summed E-state index contributed by atoms with van der Waals surface area (Å²) in [4.78, 5) is 40.2. The predicted molar refractivity (Wildman–Crippen MR) is 131 cm³/mol. The highest BCUT2D eigenvalue weighted by Crippen LogP contribution is 2.29. The van der Waals surface area contributed by atoms with E-state index in [0.717, 1.165) is 11.4 Å². The van der Waals surface area contributed by atoms with Crippen molar-refractivity contribution in [2.24, 2.45) is 0 Å². The maximum absolute atomic E-state index is 12.2. The molecule has 0 spiro atoms. The molecular formula is C24H27N5O4S. The van der Waals surface area contributed by atoms with Crippen molar-refractivity contribution < 1.29 is 19.4 Å². The number of Topliss-reactive ketones (excluding diaryl/α,β-unsaturated/α-hetero) is 1. The molecule has 10 heteroatoms. The first-order valence-corrected chi connectivity index (χ1v) is 12.0. The highest BCUT2D eigenvalue weighted by atomic mass is 32.1. The van der Waals surface area contributed by atoms with E-state index >= 15 is 0 Å². The molecule has 1 aliphatic rings. The summed E-state index contributed by atoms with van der Waals surface area (Å²) in [7, 11) is 0. The third-order valence-electron chi connectivity index (χ3n) is 5.56. The summed E-state index contributed by atoms with van der Waals surface area (Å²) in [6, 6.07) is 9.18. The van der Waals surface area contributed by atoms with Gasteiger partial charge in [-0.3, -0.25) is 10.1 Å². The van der Waals surface area contributed by atoms with Crippen molar-refractivity contribution in [1.82, 2.24) is 15.0 Å². The number of anilines is 3. The maximum Gasteiger partial charge on any atom is 0.350 e. The van der Waals surface area contributed by atoms with Gasteiger partial charge in [-0.15, -0.1) is 0 Å². The number of thiazole rings is 1. The SMILES string of the molecule is CCOC(=O)c1sc(Nc2nc(-c3ccc(C(C)=O)cc3)cc(N3CCC(O)CC3)n2)nc1C. The molecule has 0 unspecified atom stereocenters. The van der Waals surface area contributed by atoms with Gasteiger partial charge < -0.3 is 14.7 Å². The average molecular weight is 482 g/mol. The summed E-state index contributed by atoms with van der Waals surface area (Å²) in [6.45, 7) is 6.71. The van der Waals surface area contributed by atoms with Crippen LogP contribution in [0.2, 0.25) is 0 Å². The Morgan fingerprint density at radius 3 is 2.53 bits per heavy atom. The highest BCUT2D eigenvalue weighted by Gasteiger charge is 2.21.